The average molecular weight is 550 g/mol. The molecule has 5 N–H and O–H groups in total. The van der Waals surface area contributed by atoms with Crippen molar-refractivity contribution in [3.63, 3.8) is 0 Å². The molecular formula is C28H43N3O8. The lowest BCUT2D eigenvalue weighted by Gasteiger charge is -2.39. The van der Waals surface area contributed by atoms with Gasteiger partial charge < -0.3 is 29.4 Å². The summed E-state index contributed by atoms with van der Waals surface area (Å²) >= 11 is 0. The number of epoxide rings is 1. The van der Waals surface area contributed by atoms with Gasteiger partial charge in [-0.05, 0) is 45.6 Å². The minimum absolute atomic E-state index is 0.00478. The van der Waals surface area contributed by atoms with Gasteiger partial charge in [0.05, 0.1) is 37.4 Å². The number of hydrogen-bond acceptors (Lipinski definition) is 9. The van der Waals surface area contributed by atoms with Crippen molar-refractivity contribution in [2.24, 2.45) is 11.8 Å². The van der Waals surface area contributed by atoms with Gasteiger partial charge >= 0.3 is 5.97 Å². The van der Waals surface area contributed by atoms with E-state index in [2.05, 4.69) is 23.7 Å². The van der Waals surface area contributed by atoms with Crippen molar-refractivity contribution in [3.05, 3.63) is 36.0 Å². The van der Waals surface area contributed by atoms with E-state index in [-0.39, 0.29) is 42.4 Å². The second-order valence-corrected chi connectivity index (χ2v) is 10.9. The lowest BCUT2D eigenvalue weighted by molar-refractivity contribution is -0.145. The van der Waals surface area contributed by atoms with E-state index >= 15 is 0 Å². The molecule has 9 atom stereocenters. The number of nitrogens with two attached hydrogens (primary N) is 1. The third-order valence-electron chi connectivity index (χ3n) is 7.50. The number of aliphatic hydroxyl groups is 1. The van der Waals surface area contributed by atoms with E-state index in [1.54, 1.807) is 13.0 Å². The Balaban J connectivity index is 1.50. The first-order valence-corrected chi connectivity index (χ1v) is 13.6. The summed E-state index contributed by atoms with van der Waals surface area (Å²) in [6.45, 7) is 9.48. The van der Waals surface area contributed by atoms with Gasteiger partial charge in [0.25, 0.3) is 0 Å². The molecule has 2 amide bonds. The second kappa shape index (κ2) is 13.7. The molecule has 3 fully saturated rings. The van der Waals surface area contributed by atoms with Crippen molar-refractivity contribution in [1.82, 2.24) is 10.7 Å². The summed E-state index contributed by atoms with van der Waals surface area (Å²) in [6.07, 6.45) is 8.30. The number of rotatable bonds is 10. The Morgan fingerprint density at radius 3 is 2.56 bits per heavy atom. The van der Waals surface area contributed by atoms with Crippen molar-refractivity contribution in [2.45, 2.75) is 109 Å². The first-order valence-electron chi connectivity index (χ1n) is 13.6. The summed E-state index contributed by atoms with van der Waals surface area (Å²) in [6, 6.07) is -0.126. The van der Waals surface area contributed by atoms with Crippen LogP contribution in [0.3, 0.4) is 0 Å². The molecule has 11 heteroatoms. The smallest absolute Gasteiger partial charge is 0.303 e. The van der Waals surface area contributed by atoms with Gasteiger partial charge in [0.2, 0.25) is 11.8 Å². The number of hydrazine groups is 1. The van der Waals surface area contributed by atoms with E-state index in [1.165, 1.54) is 13.0 Å². The molecule has 1 unspecified atom stereocenters. The molecule has 0 radical (unpaired) electrons. The third kappa shape index (κ3) is 8.97. The summed E-state index contributed by atoms with van der Waals surface area (Å²) in [5, 5.41) is 13.7. The fourth-order valence-corrected chi connectivity index (χ4v) is 5.15. The predicted molar refractivity (Wildman–Crippen MR) is 143 cm³/mol. The van der Waals surface area contributed by atoms with E-state index in [0.29, 0.717) is 19.4 Å². The zero-order valence-corrected chi connectivity index (χ0v) is 23.4. The van der Waals surface area contributed by atoms with Crippen LogP contribution in [0.4, 0.5) is 0 Å². The molecule has 1 spiro atoms. The Morgan fingerprint density at radius 1 is 1.21 bits per heavy atom. The SMILES string of the molecule is CC(=O)OC(C)C=CC(=O)N[C@@H]1C[C@H](C)[C@H](CC=C(C)C=C[C@H]2O[C@H](CC(=O)NN)C[C@@]3(CO3)[C@@H]2O)O[C@@H]1C. The second-order valence-electron chi connectivity index (χ2n) is 10.9. The number of ether oxygens (including phenoxy) is 4. The van der Waals surface area contributed by atoms with Crippen LogP contribution < -0.4 is 16.6 Å². The maximum Gasteiger partial charge on any atom is 0.303 e. The Morgan fingerprint density at radius 2 is 1.92 bits per heavy atom. The highest BCUT2D eigenvalue weighted by Gasteiger charge is 2.58. The number of hydrogen-bond donors (Lipinski definition) is 4. The molecule has 3 aliphatic heterocycles. The normalized spacial score (nSPS) is 35.7. The molecular weight excluding hydrogens is 506 g/mol. The minimum Gasteiger partial charge on any atom is -0.459 e. The highest BCUT2D eigenvalue weighted by Crippen LogP contribution is 2.43. The number of aliphatic hydroxyl groups excluding tert-OH is 1. The fraction of sp³-hybridized carbons (Fsp3) is 0.679. The maximum absolute atomic E-state index is 12.3. The molecule has 0 aliphatic carbocycles. The topological polar surface area (TPSA) is 162 Å². The van der Waals surface area contributed by atoms with Gasteiger partial charge in [0.1, 0.15) is 23.9 Å². The molecule has 0 bridgehead atoms. The van der Waals surface area contributed by atoms with Crippen molar-refractivity contribution < 1.29 is 38.4 Å². The molecule has 0 saturated carbocycles. The van der Waals surface area contributed by atoms with Crippen molar-refractivity contribution in [2.75, 3.05) is 6.61 Å². The van der Waals surface area contributed by atoms with Crippen LogP contribution in [-0.2, 0) is 33.3 Å². The van der Waals surface area contributed by atoms with Gasteiger partial charge in [-0.25, -0.2) is 5.84 Å². The number of esters is 1. The van der Waals surface area contributed by atoms with Crippen LogP contribution in [0, 0.1) is 5.92 Å². The third-order valence-corrected chi connectivity index (χ3v) is 7.50. The lowest BCUT2D eigenvalue weighted by atomic mass is 9.87. The number of carbonyl (C=O) groups excluding carboxylic acids is 3. The molecule has 3 rings (SSSR count). The summed E-state index contributed by atoms with van der Waals surface area (Å²) in [4.78, 5) is 35.1. The van der Waals surface area contributed by atoms with Gasteiger partial charge in [0.15, 0.2) is 0 Å². The Labute approximate surface area is 230 Å². The van der Waals surface area contributed by atoms with E-state index in [9.17, 15) is 19.5 Å². The van der Waals surface area contributed by atoms with Gasteiger partial charge in [-0.15, -0.1) is 0 Å². The van der Waals surface area contributed by atoms with Crippen LogP contribution in [0.5, 0.6) is 0 Å². The molecule has 0 aromatic rings. The summed E-state index contributed by atoms with van der Waals surface area (Å²) in [5.74, 6) is 4.45. The highest BCUT2D eigenvalue weighted by atomic mass is 16.6. The maximum atomic E-state index is 12.3. The lowest BCUT2D eigenvalue weighted by Crippen LogP contribution is -2.51. The number of carbonyl (C=O) groups is 3. The Hall–Kier alpha value is -2.57. The van der Waals surface area contributed by atoms with E-state index in [0.717, 1.165) is 12.0 Å². The zero-order chi connectivity index (χ0) is 28.7. The van der Waals surface area contributed by atoms with Crippen LogP contribution in [0.25, 0.3) is 0 Å². The minimum atomic E-state index is -0.812. The summed E-state index contributed by atoms with van der Waals surface area (Å²) < 4.78 is 22.8. The zero-order valence-electron chi connectivity index (χ0n) is 23.4. The molecule has 11 nitrogen and oxygen atoms in total. The molecule has 218 valence electrons. The molecule has 3 heterocycles. The van der Waals surface area contributed by atoms with E-state index < -0.39 is 36.0 Å². The van der Waals surface area contributed by atoms with Crippen LogP contribution in [0.2, 0.25) is 0 Å². The fourth-order valence-electron chi connectivity index (χ4n) is 5.15. The number of amides is 2. The quantitative estimate of drug-likeness (QED) is 0.0599. The van der Waals surface area contributed by atoms with Crippen LogP contribution >= 0.6 is 0 Å². The number of allylic oxidation sites excluding steroid dienone is 2. The van der Waals surface area contributed by atoms with Crippen LogP contribution in [-0.4, -0.2) is 77.8 Å². The summed E-state index contributed by atoms with van der Waals surface area (Å²) in [7, 11) is 0. The standard InChI is InChI=1S/C28H43N3O8/c1-16(7-10-24-27(35)28(15-36-28)14-21(39-24)13-26(34)31-29)6-9-23-17(2)12-22(19(4)38-23)30-25(33)11-8-18(3)37-20(5)32/h6-8,10-11,17-19,21-24,27,35H,9,12-15,29H2,1-5H3,(H,30,33)(H,31,34)/t17-,18?,19+,21+,22+,23-,24+,27+,28+/m0/s1. The van der Waals surface area contributed by atoms with Crippen molar-refractivity contribution >= 4 is 17.8 Å². The number of nitrogens with one attached hydrogen (secondary N) is 2. The van der Waals surface area contributed by atoms with Gasteiger partial charge in [-0.2, -0.15) is 0 Å². The Bertz CT molecular complexity index is 976. The first-order chi connectivity index (χ1) is 18.4. The predicted octanol–water partition coefficient (Wildman–Crippen LogP) is 1.35. The van der Waals surface area contributed by atoms with E-state index in [1.807, 2.05) is 26.0 Å². The van der Waals surface area contributed by atoms with Crippen LogP contribution in [0.1, 0.15) is 60.3 Å². The average Bonchev–Trinajstić information content (AvgIpc) is 3.64. The van der Waals surface area contributed by atoms with Crippen LogP contribution in [0.15, 0.2) is 36.0 Å². The molecule has 0 aromatic carbocycles. The highest BCUT2D eigenvalue weighted by molar-refractivity contribution is 5.87. The Kier molecular flexibility index (Phi) is 10.9. The summed E-state index contributed by atoms with van der Waals surface area (Å²) in [5.41, 5.74) is 2.45. The molecule has 3 aliphatic rings. The largest absolute Gasteiger partial charge is 0.459 e. The van der Waals surface area contributed by atoms with Crippen molar-refractivity contribution in [1.29, 1.82) is 0 Å². The van der Waals surface area contributed by atoms with Crippen molar-refractivity contribution in [3.8, 4) is 0 Å². The molecule has 39 heavy (non-hydrogen) atoms. The molecule has 0 aromatic heterocycles. The van der Waals surface area contributed by atoms with E-state index in [4.69, 9.17) is 24.8 Å². The van der Waals surface area contributed by atoms with Gasteiger partial charge in [0, 0.05) is 19.4 Å². The van der Waals surface area contributed by atoms with Gasteiger partial charge in [-0.1, -0.05) is 30.7 Å². The molecule has 3 saturated heterocycles. The van der Waals surface area contributed by atoms with Gasteiger partial charge in [-0.3, -0.25) is 19.8 Å². The monoisotopic (exact) mass is 549 g/mol. The first kappa shape index (κ1) is 31.0.